The number of aliphatic hydroxyl groups is 1. The third kappa shape index (κ3) is 7.17. The van der Waals surface area contributed by atoms with Crippen LogP contribution in [0.5, 0.6) is 11.5 Å². The van der Waals surface area contributed by atoms with Crippen molar-refractivity contribution in [2.75, 3.05) is 32.8 Å². The van der Waals surface area contributed by atoms with Gasteiger partial charge < -0.3 is 24.8 Å². The predicted molar refractivity (Wildman–Crippen MR) is 120 cm³/mol. The van der Waals surface area contributed by atoms with Crippen molar-refractivity contribution >= 4 is 5.91 Å². The van der Waals surface area contributed by atoms with Gasteiger partial charge in [0.1, 0.15) is 19.3 Å². The van der Waals surface area contributed by atoms with Crippen molar-refractivity contribution in [3.05, 3.63) is 23.8 Å². The van der Waals surface area contributed by atoms with Gasteiger partial charge in [-0.3, -0.25) is 4.79 Å². The molecule has 2 unspecified atom stereocenters. The maximum absolute atomic E-state index is 12.5. The zero-order valence-electron chi connectivity index (χ0n) is 17.7. The molecule has 1 fully saturated rings. The number of unbranched alkanes of at least 4 members (excludes halogenated alkanes) is 4. The highest BCUT2D eigenvalue weighted by molar-refractivity contribution is 5.76. The van der Waals surface area contributed by atoms with Gasteiger partial charge in [-0.2, -0.15) is 0 Å². The summed E-state index contributed by atoms with van der Waals surface area (Å²) in [7, 11) is 0. The molecule has 0 spiro atoms. The van der Waals surface area contributed by atoms with E-state index in [1.807, 2.05) is 18.2 Å². The molecule has 0 saturated carbocycles. The van der Waals surface area contributed by atoms with E-state index in [9.17, 15) is 9.90 Å². The normalized spacial score (nSPS) is 17.8. The smallest absolute Gasteiger partial charge is 0.220 e. The molecule has 2 heterocycles. The van der Waals surface area contributed by atoms with Gasteiger partial charge in [0.25, 0.3) is 0 Å². The lowest BCUT2D eigenvalue weighted by molar-refractivity contribution is -0.123. The highest BCUT2D eigenvalue weighted by Crippen LogP contribution is 2.33. The lowest BCUT2D eigenvalue weighted by atomic mass is 10.0. The summed E-state index contributed by atoms with van der Waals surface area (Å²) in [5, 5.41) is 14.2. The monoisotopic (exact) mass is 420 g/mol. The summed E-state index contributed by atoms with van der Waals surface area (Å²) in [5.74, 6) is 1.40. The fourth-order valence-corrected chi connectivity index (χ4v) is 4.11. The number of carbonyl (C=O) groups is 1. The van der Waals surface area contributed by atoms with Crippen LogP contribution >= 0.6 is 0 Å². The number of hydrogen-bond acceptors (Lipinski definition) is 5. The Morgan fingerprint density at radius 3 is 2.53 bits per heavy atom. The van der Waals surface area contributed by atoms with E-state index >= 15 is 0 Å². The van der Waals surface area contributed by atoms with E-state index in [4.69, 9.17) is 9.47 Å². The average Bonchev–Trinajstić information content (AvgIpc) is 3.25. The molecule has 2 aliphatic rings. The molecule has 2 N–H and O–H groups in total. The second-order valence-corrected chi connectivity index (χ2v) is 8.19. The number of rotatable bonds is 11. The van der Waals surface area contributed by atoms with Gasteiger partial charge in [-0.15, -0.1) is 0 Å². The first-order chi connectivity index (χ1) is 14.2. The first-order valence-corrected chi connectivity index (χ1v) is 11.3. The standard InChI is InChI=1S/C23H36N2O4.CH4/c1-2-3-4-5-6-9-22(26)24-19(17-25-12-7-8-13-25)23(27)18-10-11-20-21(16-18)29-15-14-28-20;/h10-11,16,19,23,27H,2-9,12-15,17H2,1H3,(H,24,26);1H4. The number of likely N-dealkylation sites (tertiary alicyclic amines) is 1. The summed E-state index contributed by atoms with van der Waals surface area (Å²) in [4.78, 5) is 14.9. The highest BCUT2D eigenvalue weighted by Gasteiger charge is 2.27. The zero-order chi connectivity index (χ0) is 20.5. The summed E-state index contributed by atoms with van der Waals surface area (Å²) in [6, 6.07) is 5.22. The highest BCUT2D eigenvalue weighted by atomic mass is 16.6. The fourth-order valence-electron chi connectivity index (χ4n) is 4.11. The molecule has 3 rings (SSSR count). The van der Waals surface area contributed by atoms with E-state index < -0.39 is 6.10 Å². The van der Waals surface area contributed by atoms with Crippen molar-refractivity contribution in [3.8, 4) is 11.5 Å². The van der Waals surface area contributed by atoms with E-state index in [2.05, 4.69) is 17.1 Å². The fraction of sp³-hybridized carbons (Fsp3) is 0.708. The molecule has 6 nitrogen and oxygen atoms in total. The minimum absolute atomic E-state index is 0. The second-order valence-electron chi connectivity index (χ2n) is 8.19. The Labute approximate surface area is 181 Å². The third-order valence-corrected chi connectivity index (χ3v) is 5.80. The third-order valence-electron chi connectivity index (χ3n) is 5.80. The lowest BCUT2D eigenvalue weighted by Gasteiger charge is -2.29. The van der Waals surface area contributed by atoms with Crippen molar-refractivity contribution in [2.45, 2.75) is 77.9 Å². The Balaban J connectivity index is 0.00000320. The topological polar surface area (TPSA) is 71.0 Å². The zero-order valence-corrected chi connectivity index (χ0v) is 17.7. The maximum Gasteiger partial charge on any atom is 0.220 e. The number of amides is 1. The van der Waals surface area contributed by atoms with Crippen LogP contribution in [-0.2, 0) is 4.79 Å². The predicted octanol–water partition coefficient (Wildman–Crippen LogP) is 4.07. The molecule has 0 radical (unpaired) electrons. The van der Waals surface area contributed by atoms with Gasteiger partial charge >= 0.3 is 0 Å². The first-order valence-electron chi connectivity index (χ1n) is 11.3. The molecule has 2 aliphatic heterocycles. The van der Waals surface area contributed by atoms with Crippen LogP contribution in [-0.4, -0.2) is 54.8 Å². The minimum atomic E-state index is -0.782. The van der Waals surface area contributed by atoms with Gasteiger partial charge in [0.05, 0.1) is 6.04 Å². The summed E-state index contributed by atoms with van der Waals surface area (Å²) >= 11 is 0. The molecule has 1 aromatic rings. The summed E-state index contributed by atoms with van der Waals surface area (Å²) in [6.45, 7) is 5.96. The molecule has 0 aromatic heterocycles. The van der Waals surface area contributed by atoms with Crippen LogP contribution in [0.3, 0.4) is 0 Å². The molecular formula is C24H40N2O4. The average molecular weight is 421 g/mol. The van der Waals surface area contributed by atoms with Crippen LogP contribution in [0.4, 0.5) is 0 Å². The lowest BCUT2D eigenvalue weighted by Crippen LogP contribution is -2.46. The van der Waals surface area contributed by atoms with Crippen molar-refractivity contribution < 1.29 is 19.4 Å². The number of carbonyl (C=O) groups excluding carboxylic acids is 1. The number of hydrogen-bond donors (Lipinski definition) is 2. The molecule has 1 amide bonds. The molecule has 0 bridgehead atoms. The number of nitrogens with one attached hydrogen (secondary N) is 1. The van der Waals surface area contributed by atoms with E-state index in [-0.39, 0.29) is 19.4 Å². The summed E-state index contributed by atoms with van der Waals surface area (Å²) in [5.41, 5.74) is 0.752. The van der Waals surface area contributed by atoms with Crippen LogP contribution in [0, 0.1) is 0 Å². The van der Waals surface area contributed by atoms with E-state index in [0.29, 0.717) is 37.7 Å². The maximum atomic E-state index is 12.5. The van der Waals surface area contributed by atoms with Gasteiger partial charge in [0, 0.05) is 13.0 Å². The number of aliphatic hydroxyl groups excluding tert-OH is 1. The first kappa shape index (κ1) is 24.5. The Bertz CT molecular complexity index is 646. The molecule has 6 heteroatoms. The number of nitrogens with zero attached hydrogens (tertiary/aromatic N) is 1. The number of fused-ring (bicyclic) bond motifs is 1. The molecule has 0 aliphatic carbocycles. The SMILES string of the molecule is C.CCCCCCCC(=O)NC(CN1CCCC1)C(O)c1ccc2c(c1)OCCO2. The second kappa shape index (κ2) is 12.8. The Kier molecular flexibility index (Phi) is 10.4. The quantitative estimate of drug-likeness (QED) is 0.528. The van der Waals surface area contributed by atoms with Crippen LogP contribution in [0.1, 0.15) is 77.4 Å². The van der Waals surface area contributed by atoms with Gasteiger partial charge in [-0.1, -0.05) is 46.1 Å². The van der Waals surface area contributed by atoms with Crippen LogP contribution in [0.25, 0.3) is 0 Å². The largest absolute Gasteiger partial charge is 0.486 e. The van der Waals surface area contributed by atoms with Crippen molar-refractivity contribution in [1.29, 1.82) is 0 Å². The van der Waals surface area contributed by atoms with E-state index in [1.54, 1.807) is 0 Å². The molecule has 2 atom stereocenters. The Morgan fingerprint density at radius 1 is 1.10 bits per heavy atom. The van der Waals surface area contributed by atoms with E-state index in [0.717, 1.165) is 31.5 Å². The van der Waals surface area contributed by atoms with Crippen molar-refractivity contribution in [1.82, 2.24) is 10.2 Å². The molecular weight excluding hydrogens is 380 g/mol. The van der Waals surface area contributed by atoms with Crippen molar-refractivity contribution in [2.24, 2.45) is 0 Å². The van der Waals surface area contributed by atoms with Crippen LogP contribution < -0.4 is 14.8 Å². The van der Waals surface area contributed by atoms with Gasteiger partial charge in [-0.25, -0.2) is 0 Å². The van der Waals surface area contributed by atoms with Gasteiger partial charge in [0.2, 0.25) is 5.91 Å². The number of benzene rings is 1. The Hall–Kier alpha value is -1.79. The van der Waals surface area contributed by atoms with E-state index in [1.165, 1.54) is 32.1 Å². The van der Waals surface area contributed by atoms with Crippen LogP contribution in [0.2, 0.25) is 0 Å². The van der Waals surface area contributed by atoms with Crippen molar-refractivity contribution in [3.63, 3.8) is 0 Å². The molecule has 170 valence electrons. The molecule has 1 aromatic carbocycles. The molecule has 1 saturated heterocycles. The van der Waals surface area contributed by atoms with Gasteiger partial charge in [-0.05, 0) is 50.0 Å². The molecule has 30 heavy (non-hydrogen) atoms. The summed E-state index contributed by atoms with van der Waals surface area (Å²) in [6.07, 6.45) is 7.69. The summed E-state index contributed by atoms with van der Waals surface area (Å²) < 4.78 is 11.2. The van der Waals surface area contributed by atoms with Gasteiger partial charge in [0.15, 0.2) is 11.5 Å². The number of ether oxygens (including phenoxy) is 2. The Morgan fingerprint density at radius 2 is 1.80 bits per heavy atom. The van der Waals surface area contributed by atoms with Crippen LogP contribution in [0.15, 0.2) is 18.2 Å². The minimum Gasteiger partial charge on any atom is -0.486 e.